The molecule has 0 bridgehead atoms. The standard InChI is InChI=1S/C14H23NO3S.C12H21N3O4.C4H10/c1-3-5-6-7-14(8-9-14)19(17,18)15-13(16)12-10-11(12)4-2;1-12(2,3)19-11(18)14-7-9(16)15-6-4-5-8(15)10(13)17;1-4(2)3/h3,11-12H,1,4-10H2,2H3,(H,15,16);8H,4-7H2,1-3H3,(H2,13,17)(H,14,18);4H,1-3H3/t11-,12+;8-;/m10./s1. The number of nitrogens with two attached hydrogens (primary N) is 1. The first-order valence-electron chi connectivity index (χ1n) is 15.1. The van der Waals surface area contributed by atoms with E-state index in [1.807, 2.05) is 6.92 Å². The van der Waals surface area contributed by atoms with Crippen molar-refractivity contribution >= 4 is 33.8 Å². The second kappa shape index (κ2) is 16.3. The Morgan fingerprint density at radius 2 is 1.76 bits per heavy atom. The van der Waals surface area contributed by atoms with Gasteiger partial charge in [0, 0.05) is 12.5 Å². The lowest BCUT2D eigenvalue weighted by molar-refractivity contribution is -0.136. The van der Waals surface area contributed by atoms with Crippen molar-refractivity contribution in [1.82, 2.24) is 14.9 Å². The van der Waals surface area contributed by atoms with Gasteiger partial charge >= 0.3 is 6.09 Å². The number of primary amides is 1. The first-order chi connectivity index (χ1) is 19.4. The van der Waals surface area contributed by atoms with Crippen LogP contribution in [0.5, 0.6) is 0 Å². The predicted octanol–water partition coefficient (Wildman–Crippen LogP) is 4.02. The number of carbonyl (C=O) groups is 4. The highest BCUT2D eigenvalue weighted by Gasteiger charge is 2.55. The van der Waals surface area contributed by atoms with Gasteiger partial charge in [-0.1, -0.05) is 40.2 Å². The molecule has 3 atom stereocenters. The van der Waals surface area contributed by atoms with Crippen molar-refractivity contribution in [3.05, 3.63) is 12.7 Å². The maximum atomic E-state index is 12.3. The number of hydrogen-bond donors (Lipinski definition) is 3. The van der Waals surface area contributed by atoms with E-state index in [9.17, 15) is 27.6 Å². The average Bonchev–Trinajstić information content (AvgIpc) is 3.77. The van der Waals surface area contributed by atoms with Gasteiger partial charge in [0.1, 0.15) is 18.2 Å². The van der Waals surface area contributed by atoms with Crippen LogP contribution >= 0.6 is 0 Å². The Kier molecular flexibility index (Phi) is 14.5. The van der Waals surface area contributed by atoms with Crippen molar-refractivity contribution in [3.8, 4) is 0 Å². The van der Waals surface area contributed by atoms with Crippen molar-refractivity contribution in [1.29, 1.82) is 0 Å². The molecule has 1 heterocycles. The summed E-state index contributed by atoms with van der Waals surface area (Å²) in [5, 5.41) is 2.37. The van der Waals surface area contributed by atoms with Crippen LogP contribution in [-0.4, -0.2) is 66.6 Å². The molecule has 12 heteroatoms. The lowest BCUT2D eigenvalue weighted by Gasteiger charge is -2.23. The first kappa shape index (κ1) is 37.4. The van der Waals surface area contributed by atoms with Crippen LogP contribution in [0.15, 0.2) is 12.7 Å². The molecule has 3 rings (SSSR count). The Morgan fingerprint density at radius 1 is 1.17 bits per heavy atom. The summed E-state index contributed by atoms with van der Waals surface area (Å²) in [6.07, 6.45) is 7.87. The van der Waals surface area contributed by atoms with Crippen LogP contribution in [-0.2, 0) is 29.1 Å². The summed E-state index contributed by atoms with van der Waals surface area (Å²) < 4.78 is 31.2. The van der Waals surface area contributed by atoms with Gasteiger partial charge in [0.25, 0.3) is 0 Å². The molecular formula is C30H54N4O7S. The zero-order chi connectivity index (χ0) is 32.3. The van der Waals surface area contributed by atoms with Gasteiger partial charge in [-0.05, 0) is 84.0 Å². The number of likely N-dealkylation sites (tertiary alicyclic amines) is 1. The Morgan fingerprint density at radius 3 is 2.21 bits per heavy atom. The topological polar surface area (TPSA) is 165 Å². The largest absolute Gasteiger partial charge is 0.444 e. The van der Waals surface area contributed by atoms with Crippen molar-refractivity contribution in [2.45, 2.75) is 123 Å². The summed E-state index contributed by atoms with van der Waals surface area (Å²) in [4.78, 5) is 47.7. The number of allylic oxidation sites excluding steroid dienone is 1. The number of nitrogens with one attached hydrogen (secondary N) is 2. The maximum Gasteiger partial charge on any atom is 0.408 e. The van der Waals surface area contributed by atoms with Crippen LogP contribution < -0.4 is 15.8 Å². The van der Waals surface area contributed by atoms with Gasteiger partial charge in [-0.25, -0.2) is 13.2 Å². The second-order valence-corrected chi connectivity index (χ2v) is 15.2. The molecular weight excluding hydrogens is 560 g/mol. The molecule has 2 saturated carbocycles. The molecule has 0 unspecified atom stereocenters. The van der Waals surface area contributed by atoms with Crippen molar-refractivity contribution in [3.63, 3.8) is 0 Å². The van der Waals surface area contributed by atoms with Crippen LogP contribution in [0.2, 0.25) is 0 Å². The van der Waals surface area contributed by atoms with Crippen molar-refractivity contribution < 1.29 is 32.3 Å². The maximum absolute atomic E-state index is 12.3. The molecule has 4 amide bonds. The molecule has 42 heavy (non-hydrogen) atoms. The fraction of sp³-hybridized carbons (Fsp3) is 0.800. The Hall–Kier alpha value is -2.63. The van der Waals surface area contributed by atoms with Crippen LogP contribution in [0.1, 0.15) is 106 Å². The first-order valence-corrected chi connectivity index (χ1v) is 16.6. The summed E-state index contributed by atoms with van der Waals surface area (Å²) in [5.41, 5.74) is 4.61. The number of ether oxygens (including phenoxy) is 1. The van der Waals surface area contributed by atoms with Crippen molar-refractivity contribution in [2.24, 2.45) is 23.5 Å². The molecule has 2 aliphatic carbocycles. The van der Waals surface area contributed by atoms with Gasteiger partial charge in [-0.15, -0.1) is 6.58 Å². The molecule has 1 saturated heterocycles. The number of amides is 4. The molecule has 0 aromatic carbocycles. The predicted molar refractivity (Wildman–Crippen MR) is 164 cm³/mol. The SMILES string of the molecule is C=CCCCC1(S(=O)(=O)NC(=O)[C@H]2C[C@H]2CC)CC1.CC(C)(C)OC(=O)NCC(=O)N1CCC[C@H]1C(N)=O.CC(C)C. The average molecular weight is 615 g/mol. The molecule has 1 aliphatic heterocycles. The zero-order valence-electron chi connectivity index (χ0n) is 26.7. The number of rotatable bonds is 11. The fourth-order valence-electron chi connectivity index (χ4n) is 4.62. The van der Waals surface area contributed by atoms with E-state index in [0.29, 0.717) is 38.1 Å². The summed E-state index contributed by atoms with van der Waals surface area (Å²) in [6.45, 7) is 17.7. The van der Waals surface area contributed by atoms with E-state index in [-0.39, 0.29) is 24.3 Å². The molecule has 3 aliphatic rings. The number of unbranched alkanes of at least 4 members (excludes halogenated alkanes) is 1. The molecule has 4 N–H and O–H groups in total. The molecule has 242 valence electrons. The van der Waals surface area contributed by atoms with E-state index in [4.69, 9.17) is 10.5 Å². The molecule has 0 spiro atoms. The van der Waals surface area contributed by atoms with E-state index >= 15 is 0 Å². The Balaban J connectivity index is 0.000000373. The van der Waals surface area contributed by atoms with Gasteiger partial charge in [0.05, 0.1) is 4.75 Å². The number of carbonyl (C=O) groups excluding carboxylic acids is 4. The third-order valence-corrected chi connectivity index (χ3v) is 9.34. The van der Waals surface area contributed by atoms with Gasteiger partial charge < -0.3 is 20.7 Å². The van der Waals surface area contributed by atoms with E-state index < -0.39 is 38.4 Å². The minimum Gasteiger partial charge on any atom is -0.444 e. The van der Waals surface area contributed by atoms with Crippen LogP contribution in [0.4, 0.5) is 4.79 Å². The van der Waals surface area contributed by atoms with Gasteiger partial charge in [-0.2, -0.15) is 0 Å². The highest BCUT2D eigenvalue weighted by atomic mass is 32.2. The highest BCUT2D eigenvalue weighted by Crippen LogP contribution is 2.48. The Bertz CT molecular complexity index is 1050. The molecule has 0 radical (unpaired) electrons. The summed E-state index contributed by atoms with van der Waals surface area (Å²) in [6, 6.07) is -0.562. The van der Waals surface area contributed by atoms with Gasteiger partial charge in [-0.3, -0.25) is 19.1 Å². The normalized spacial score (nSPS) is 22.0. The zero-order valence-corrected chi connectivity index (χ0v) is 27.5. The van der Waals surface area contributed by atoms with Crippen molar-refractivity contribution in [2.75, 3.05) is 13.1 Å². The quantitative estimate of drug-likeness (QED) is 0.234. The second-order valence-electron chi connectivity index (χ2n) is 13.1. The molecule has 0 aromatic rings. The summed E-state index contributed by atoms with van der Waals surface area (Å²) in [7, 11) is -3.50. The number of alkyl carbamates (subject to hydrolysis) is 1. The monoisotopic (exact) mass is 614 g/mol. The third-order valence-electron chi connectivity index (χ3n) is 7.12. The summed E-state index contributed by atoms with van der Waals surface area (Å²) in [5.74, 6) is 0.00647. The minimum absolute atomic E-state index is 0.0799. The van der Waals surface area contributed by atoms with E-state index in [2.05, 4.69) is 37.4 Å². The number of sulfonamides is 1. The summed E-state index contributed by atoms with van der Waals surface area (Å²) >= 11 is 0. The number of hydrogen-bond acceptors (Lipinski definition) is 7. The molecule has 0 aromatic heterocycles. The van der Waals surface area contributed by atoms with Crippen LogP contribution in [0.25, 0.3) is 0 Å². The highest BCUT2D eigenvalue weighted by molar-refractivity contribution is 7.91. The van der Waals surface area contributed by atoms with E-state index in [1.165, 1.54) is 4.90 Å². The smallest absolute Gasteiger partial charge is 0.408 e. The number of nitrogens with zero attached hydrogens (tertiary/aromatic N) is 1. The fourth-order valence-corrected chi connectivity index (χ4v) is 6.31. The van der Waals surface area contributed by atoms with Gasteiger partial charge in [0.2, 0.25) is 27.7 Å². The molecule has 11 nitrogen and oxygen atoms in total. The lowest BCUT2D eigenvalue weighted by atomic mass is 10.2. The Labute approximate surface area is 252 Å². The van der Waals surface area contributed by atoms with Crippen LogP contribution in [0, 0.1) is 17.8 Å². The van der Waals surface area contributed by atoms with Crippen LogP contribution in [0.3, 0.4) is 0 Å². The minimum atomic E-state index is -3.50. The van der Waals surface area contributed by atoms with E-state index in [0.717, 1.165) is 38.0 Å². The molecule has 3 fully saturated rings. The van der Waals surface area contributed by atoms with E-state index in [1.54, 1.807) is 26.8 Å². The third kappa shape index (κ3) is 12.7. The lowest BCUT2D eigenvalue weighted by Crippen LogP contribution is -2.48. The van der Waals surface area contributed by atoms with Gasteiger partial charge in [0.15, 0.2) is 0 Å².